The van der Waals surface area contributed by atoms with Crippen molar-refractivity contribution in [3.05, 3.63) is 59.7 Å². The molecule has 126 valence electrons. The van der Waals surface area contributed by atoms with Crippen molar-refractivity contribution in [3.8, 4) is 5.75 Å². The van der Waals surface area contributed by atoms with Gasteiger partial charge >= 0.3 is 0 Å². The number of likely N-dealkylation sites (N-methyl/N-ethyl adjacent to an activating group) is 1. The van der Waals surface area contributed by atoms with Gasteiger partial charge in [-0.25, -0.2) is 0 Å². The lowest BCUT2D eigenvalue weighted by Gasteiger charge is -2.18. The van der Waals surface area contributed by atoms with Crippen molar-refractivity contribution in [2.75, 3.05) is 26.0 Å². The summed E-state index contributed by atoms with van der Waals surface area (Å²) in [5.74, 6) is 0.151. The van der Waals surface area contributed by atoms with Crippen LogP contribution in [0.5, 0.6) is 5.75 Å². The molecule has 1 N–H and O–H groups in total. The Labute approximate surface area is 142 Å². The molecule has 0 heterocycles. The van der Waals surface area contributed by atoms with Crippen molar-refractivity contribution in [2.24, 2.45) is 0 Å². The first-order valence-corrected chi connectivity index (χ1v) is 7.82. The Bertz CT molecular complexity index is 728. The Kier molecular flexibility index (Phi) is 5.95. The number of aryl methyl sites for hydroxylation is 1. The molecule has 0 fully saturated rings. The van der Waals surface area contributed by atoms with Crippen molar-refractivity contribution in [1.29, 1.82) is 0 Å². The van der Waals surface area contributed by atoms with Gasteiger partial charge in [-0.1, -0.05) is 31.2 Å². The van der Waals surface area contributed by atoms with Gasteiger partial charge in [-0.2, -0.15) is 0 Å². The number of hydrogen-bond acceptors (Lipinski definition) is 3. The number of carbonyl (C=O) groups excluding carboxylic acids is 2. The second-order valence-electron chi connectivity index (χ2n) is 5.45. The Morgan fingerprint density at radius 3 is 2.58 bits per heavy atom. The number of amides is 2. The van der Waals surface area contributed by atoms with Gasteiger partial charge in [-0.3, -0.25) is 9.59 Å². The van der Waals surface area contributed by atoms with Crippen LogP contribution in [-0.2, 0) is 11.2 Å². The van der Waals surface area contributed by atoms with Crippen LogP contribution in [-0.4, -0.2) is 37.4 Å². The maximum absolute atomic E-state index is 12.4. The van der Waals surface area contributed by atoms with Crippen molar-refractivity contribution in [3.63, 3.8) is 0 Å². The molecule has 2 aromatic carbocycles. The average Bonchev–Trinajstić information content (AvgIpc) is 2.61. The lowest BCUT2D eigenvalue weighted by Crippen LogP contribution is -2.35. The predicted octanol–water partition coefficient (Wildman–Crippen LogP) is 2.97. The molecule has 24 heavy (non-hydrogen) atoms. The van der Waals surface area contributed by atoms with Crippen molar-refractivity contribution >= 4 is 17.5 Å². The summed E-state index contributed by atoms with van der Waals surface area (Å²) in [6.07, 6.45) is 0.828. The van der Waals surface area contributed by atoms with E-state index in [1.54, 1.807) is 38.4 Å². The molecule has 2 rings (SSSR count). The van der Waals surface area contributed by atoms with Gasteiger partial charge in [0.25, 0.3) is 5.91 Å². The third-order valence-electron chi connectivity index (χ3n) is 3.72. The summed E-state index contributed by atoms with van der Waals surface area (Å²) >= 11 is 0. The number of hydrogen-bond donors (Lipinski definition) is 1. The molecule has 0 saturated heterocycles. The highest BCUT2D eigenvalue weighted by molar-refractivity contribution is 5.99. The SMILES string of the molecule is CCc1ccccc1NC(=O)CN(C)C(=O)c1cccc(OC)c1. The molecule has 0 aliphatic rings. The molecule has 0 spiro atoms. The van der Waals surface area contributed by atoms with E-state index in [2.05, 4.69) is 5.32 Å². The number of rotatable bonds is 6. The molecular formula is C19H22N2O3. The molecule has 0 saturated carbocycles. The van der Waals surface area contributed by atoms with Crippen LogP contribution in [0.15, 0.2) is 48.5 Å². The number of nitrogens with zero attached hydrogens (tertiary/aromatic N) is 1. The molecule has 0 aliphatic carbocycles. The van der Waals surface area contributed by atoms with Gasteiger partial charge in [-0.15, -0.1) is 0 Å². The normalized spacial score (nSPS) is 10.1. The van der Waals surface area contributed by atoms with Crippen LogP contribution in [0.1, 0.15) is 22.8 Å². The largest absolute Gasteiger partial charge is 0.497 e. The maximum Gasteiger partial charge on any atom is 0.254 e. The quantitative estimate of drug-likeness (QED) is 0.888. The number of nitrogens with one attached hydrogen (secondary N) is 1. The molecule has 0 unspecified atom stereocenters. The lowest BCUT2D eigenvalue weighted by molar-refractivity contribution is -0.116. The highest BCUT2D eigenvalue weighted by Gasteiger charge is 2.16. The molecule has 2 aromatic rings. The van der Waals surface area contributed by atoms with Crippen molar-refractivity contribution in [2.45, 2.75) is 13.3 Å². The molecule has 0 bridgehead atoms. The third-order valence-corrected chi connectivity index (χ3v) is 3.72. The van der Waals surface area contributed by atoms with E-state index in [0.29, 0.717) is 11.3 Å². The van der Waals surface area contributed by atoms with E-state index < -0.39 is 0 Å². The zero-order chi connectivity index (χ0) is 17.5. The third kappa shape index (κ3) is 4.35. The van der Waals surface area contributed by atoms with Gasteiger partial charge < -0.3 is 15.0 Å². The fourth-order valence-electron chi connectivity index (χ4n) is 2.40. The fraction of sp³-hybridized carbons (Fsp3) is 0.263. The molecule has 2 amide bonds. The Hall–Kier alpha value is -2.82. The molecule has 5 heteroatoms. The zero-order valence-electron chi connectivity index (χ0n) is 14.2. The smallest absolute Gasteiger partial charge is 0.254 e. The van der Waals surface area contributed by atoms with E-state index in [-0.39, 0.29) is 18.4 Å². The van der Waals surface area contributed by atoms with Gasteiger partial charge in [0.15, 0.2) is 0 Å². The van der Waals surface area contributed by atoms with E-state index in [9.17, 15) is 9.59 Å². The second kappa shape index (κ2) is 8.15. The van der Waals surface area contributed by atoms with E-state index in [1.165, 1.54) is 4.90 Å². The van der Waals surface area contributed by atoms with Gasteiger partial charge in [-0.05, 0) is 36.2 Å². The maximum atomic E-state index is 12.4. The van der Waals surface area contributed by atoms with Crippen LogP contribution in [0.25, 0.3) is 0 Å². The molecule has 5 nitrogen and oxygen atoms in total. The fourth-order valence-corrected chi connectivity index (χ4v) is 2.40. The number of anilines is 1. The summed E-state index contributed by atoms with van der Waals surface area (Å²) in [5, 5.41) is 2.86. The first-order chi connectivity index (χ1) is 11.5. The zero-order valence-corrected chi connectivity index (χ0v) is 14.2. The Balaban J connectivity index is 2.01. The van der Waals surface area contributed by atoms with Crippen LogP contribution in [0, 0.1) is 0 Å². The Morgan fingerprint density at radius 1 is 1.12 bits per heavy atom. The molecule has 0 aliphatic heterocycles. The number of para-hydroxylation sites is 1. The van der Waals surface area contributed by atoms with E-state index >= 15 is 0 Å². The van der Waals surface area contributed by atoms with E-state index in [1.807, 2.05) is 31.2 Å². The summed E-state index contributed by atoms with van der Waals surface area (Å²) in [5.41, 5.74) is 2.33. The second-order valence-corrected chi connectivity index (χ2v) is 5.45. The van der Waals surface area contributed by atoms with Crippen LogP contribution < -0.4 is 10.1 Å². The predicted molar refractivity (Wildman–Crippen MR) is 94.4 cm³/mol. The minimum Gasteiger partial charge on any atom is -0.497 e. The van der Waals surface area contributed by atoms with Gasteiger partial charge in [0, 0.05) is 18.3 Å². The molecule has 0 atom stereocenters. The minimum absolute atomic E-state index is 0.0198. The van der Waals surface area contributed by atoms with E-state index in [0.717, 1.165) is 17.7 Å². The number of carbonyl (C=O) groups is 2. The number of benzene rings is 2. The van der Waals surface area contributed by atoms with Crippen molar-refractivity contribution < 1.29 is 14.3 Å². The molecular weight excluding hydrogens is 304 g/mol. The first-order valence-electron chi connectivity index (χ1n) is 7.82. The highest BCUT2D eigenvalue weighted by Crippen LogP contribution is 2.16. The van der Waals surface area contributed by atoms with Crippen LogP contribution >= 0.6 is 0 Å². The summed E-state index contributed by atoms with van der Waals surface area (Å²) in [7, 11) is 3.15. The Morgan fingerprint density at radius 2 is 1.88 bits per heavy atom. The summed E-state index contributed by atoms with van der Waals surface area (Å²) in [4.78, 5) is 26.0. The van der Waals surface area contributed by atoms with Gasteiger partial charge in [0.1, 0.15) is 5.75 Å². The van der Waals surface area contributed by atoms with Crippen LogP contribution in [0.2, 0.25) is 0 Å². The molecule has 0 aromatic heterocycles. The van der Waals surface area contributed by atoms with E-state index in [4.69, 9.17) is 4.74 Å². The topological polar surface area (TPSA) is 58.6 Å². The van der Waals surface area contributed by atoms with Crippen molar-refractivity contribution in [1.82, 2.24) is 4.90 Å². The molecule has 0 radical (unpaired) electrons. The standard InChI is InChI=1S/C19H22N2O3/c1-4-14-8-5-6-11-17(14)20-18(22)13-21(2)19(23)15-9-7-10-16(12-15)24-3/h5-12H,4,13H2,1-3H3,(H,20,22). The lowest BCUT2D eigenvalue weighted by atomic mass is 10.1. The average molecular weight is 326 g/mol. The highest BCUT2D eigenvalue weighted by atomic mass is 16.5. The van der Waals surface area contributed by atoms with Crippen LogP contribution in [0.3, 0.4) is 0 Å². The van der Waals surface area contributed by atoms with Crippen LogP contribution in [0.4, 0.5) is 5.69 Å². The van der Waals surface area contributed by atoms with Gasteiger partial charge in [0.05, 0.1) is 13.7 Å². The minimum atomic E-state index is -0.229. The monoisotopic (exact) mass is 326 g/mol. The first kappa shape index (κ1) is 17.5. The summed E-state index contributed by atoms with van der Waals surface area (Å²) in [6.45, 7) is 2.01. The summed E-state index contributed by atoms with van der Waals surface area (Å²) in [6, 6.07) is 14.5. The summed E-state index contributed by atoms with van der Waals surface area (Å²) < 4.78 is 5.12. The van der Waals surface area contributed by atoms with Gasteiger partial charge in [0.2, 0.25) is 5.91 Å². The number of methoxy groups -OCH3 is 1. The number of ether oxygens (including phenoxy) is 1.